The molecule has 0 radical (unpaired) electrons. The van der Waals surface area contributed by atoms with Crippen molar-refractivity contribution in [2.75, 3.05) is 11.1 Å². The maximum atomic E-state index is 12.3. The lowest BCUT2D eigenvalue weighted by atomic mass is 10.0. The lowest BCUT2D eigenvalue weighted by Crippen LogP contribution is -2.16. The van der Waals surface area contributed by atoms with Crippen LogP contribution in [0.25, 0.3) is 0 Å². The summed E-state index contributed by atoms with van der Waals surface area (Å²) < 4.78 is 3.90. The molecule has 0 aliphatic rings. The third-order valence-electron chi connectivity index (χ3n) is 4.16. The van der Waals surface area contributed by atoms with Crippen molar-refractivity contribution in [3.63, 3.8) is 0 Å². The molecule has 0 fully saturated rings. The summed E-state index contributed by atoms with van der Waals surface area (Å²) in [6.45, 7) is 6.41. The van der Waals surface area contributed by atoms with Gasteiger partial charge in [0.25, 0.3) is 0 Å². The monoisotopic (exact) mass is 383 g/mol. The van der Waals surface area contributed by atoms with Gasteiger partial charge in [-0.1, -0.05) is 44.7 Å². The van der Waals surface area contributed by atoms with Gasteiger partial charge in [-0.2, -0.15) is 0 Å². The van der Waals surface area contributed by atoms with Gasteiger partial charge in [-0.05, 0) is 42.2 Å². The van der Waals surface area contributed by atoms with E-state index < -0.39 is 0 Å². The molecule has 1 amide bonds. The normalized spacial score (nSPS) is 11.1. The van der Waals surface area contributed by atoms with Crippen molar-refractivity contribution in [3.8, 4) is 0 Å². The smallest absolute Gasteiger partial charge is 0.234 e. The zero-order chi connectivity index (χ0) is 19.2. The number of nitrogens with zero attached hydrogens (tertiary/aromatic N) is 4. The Morgan fingerprint density at radius 1 is 1.15 bits per heavy atom. The van der Waals surface area contributed by atoms with Crippen LogP contribution in [0, 0.1) is 0 Å². The standard InChI is InChI=1S/C20H25N5OS/c1-4-7-18-22-23-20(25(18)24-12-5-6-13-24)27-14-19(26)21-17-10-8-16(9-11-17)15(2)3/h5-6,8-13,15H,4,7,14H2,1-3H3,(H,21,26). The zero-order valence-corrected chi connectivity index (χ0v) is 16.7. The van der Waals surface area contributed by atoms with Gasteiger partial charge in [-0.15, -0.1) is 10.2 Å². The zero-order valence-electron chi connectivity index (χ0n) is 15.9. The van der Waals surface area contributed by atoms with Crippen LogP contribution in [0.4, 0.5) is 5.69 Å². The van der Waals surface area contributed by atoms with E-state index in [1.54, 1.807) is 0 Å². The number of carbonyl (C=O) groups excluding carboxylic acids is 1. The Labute approximate surface area is 164 Å². The minimum atomic E-state index is -0.0589. The van der Waals surface area contributed by atoms with Crippen molar-refractivity contribution in [1.82, 2.24) is 19.5 Å². The second-order valence-corrected chi connectivity index (χ2v) is 7.58. The Morgan fingerprint density at radius 2 is 1.85 bits per heavy atom. The molecule has 3 aromatic rings. The highest BCUT2D eigenvalue weighted by Gasteiger charge is 2.15. The van der Waals surface area contributed by atoms with Crippen molar-refractivity contribution in [2.45, 2.75) is 44.7 Å². The molecule has 0 spiro atoms. The van der Waals surface area contributed by atoms with Gasteiger partial charge in [0, 0.05) is 24.5 Å². The van der Waals surface area contributed by atoms with Crippen LogP contribution < -0.4 is 5.32 Å². The van der Waals surface area contributed by atoms with E-state index in [1.807, 2.05) is 58.1 Å². The van der Waals surface area contributed by atoms with Crippen molar-refractivity contribution >= 4 is 23.4 Å². The summed E-state index contributed by atoms with van der Waals surface area (Å²) in [6, 6.07) is 11.9. The first-order valence-corrected chi connectivity index (χ1v) is 10.2. The number of thioether (sulfide) groups is 1. The highest BCUT2D eigenvalue weighted by molar-refractivity contribution is 7.99. The van der Waals surface area contributed by atoms with Gasteiger partial charge in [0.1, 0.15) is 0 Å². The topological polar surface area (TPSA) is 64.7 Å². The number of benzene rings is 1. The van der Waals surface area contributed by atoms with E-state index in [2.05, 4.69) is 36.3 Å². The molecule has 0 aliphatic heterocycles. The molecule has 0 saturated carbocycles. The summed E-state index contributed by atoms with van der Waals surface area (Å²) in [4.78, 5) is 12.3. The van der Waals surface area contributed by atoms with Crippen LogP contribution in [0.1, 0.15) is 44.5 Å². The number of carbonyl (C=O) groups is 1. The lowest BCUT2D eigenvalue weighted by Gasteiger charge is -2.11. The Hall–Kier alpha value is -2.54. The molecular formula is C20H25N5OS. The third-order valence-corrected chi connectivity index (χ3v) is 5.08. The number of hydrogen-bond acceptors (Lipinski definition) is 4. The number of amides is 1. The highest BCUT2D eigenvalue weighted by atomic mass is 32.2. The van der Waals surface area contributed by atoms with E-state index in [9.17, 15) is 4.79 Å². The minimum Gasteiger partial charge on any atom is -0.325 e. The summed E-state index contributed by atoms with van der Waals surface area (Å²) in [6.07, 6.45) is 5.71. The van der Waals surface area contributed by atoms with Crippen molar-refractivity contribution in [2.24, 2.45) is 0 Å². The van der Waals surface area contributed by atoms with Gasteiger partial charge in [0.2, 0.25) is 11.1 Å². The Kier molecular flexibility index (Phi) is 6.34. The Morgan fingerprint density at radius 3 is 2.48 bits per heavy atom. The van der Waals surface area contributed by atoms with Gasteiger partial charge in [-0.25, -0.2) is 4.68 Å². The van der Waals surface area contributed by atoms with Gasteiger partial charge in [0.05, 0.1) is 5.75 Å². The quantitative estimate of drug-likeness (QED) is 0.592. The Balaban J connectivity index is 1.65. The largest absolute Gasteiger partial charge is 0.325 e. The number of aryl methyl sites for hydroxylation is 1. The van der Waals surface area contributed by atoms with Crippen LogP contribution in [0.3, 0.4) is 0 Å². The summed E-state index contributed by atoms with van der Waals surface area (Å²) >= 11 is 1.38. The van der Waals surface area contributed by atoms with E-state index in [1.165, 1.54) is 17.3 Å². The van der Waals surface area contributed by atoms with Crippen LogP contribution in [0.15, 0.2) is 53.9 Å². The summed E-state index contributed by atoms with van der Waals surface area (Å²) in [7, 11) is 0. The van der Waals surface area contributed by atoms with Crippen molar-refractivity contribution < 1.29 is 4.79 Å². The number of anilines is 1. The van der Waals surface area contributed by atoms with E-state index in [0.29, 0.717) is 11.1 Å². The first-order valence-electron chi connectivity index (χ1n) is 9.19. The molecule has 142 valence electrons. The minimum absolute atomic E-state index is 0.0589. The Bertz CT molecular complexity index is 868. The predicted molar refractivity (Wildman–Crippen MR) is 109 cm³/mol. The second kappa shape index (κ2) is 8.90. The van der Waals surface area contributed by atoms with E-state index in [4.69, 9.17) is 0 Å². The molecule has 0 atom stereocenters. The lowest BCUT2D eigenvalue weighted by molar-refractivity contribution is -0.113. The molecule has 7 heteroatoms. The van der Waals surface area contributed by atoms with Gasteiger partial charge >= 0.3 is 0 Å². The summed E-state index contributed by atoms with van der Waals surface area (Å²) in [5.74, 6) is 1.58. The summed E-state index contributed by atoms with van der Waals surface area (Å²) in [5.41, 5.74) is 2.06. The van der Waals surface area contributed by atoms with Crippen LogP contribution in [-0.4, -0.2) is 31.2 Å². The SMILES string of the molecule is CCCc1nnc(SCC(=O)Nc2ccc(C(C)C)cc2)n1-n1cccc1. The molecule has 2 heterocycles. The van der Waals surface area contributed by atoms with Crippen LogP contribution in [-0.2, 0) is 11.2 Å². The van der Waals surface area contributed by atoms with Gasteiger partial charge < -0.3 is 5.32 Å². The van der Waals surface area contributed by atoms with E-state index in [-0.39, 0.29) is 11.7 Å². The van der Waals surface area contributed by atoms with Crippen LogP contribution in [0.2, 0.25) is 0 Å². The second-order valence-electron chi connectivity index (χ2n) is 6.64. The number of nitrogens with one attached hydrogen (secondary N) is 1. The van der Waals surface area contributed by atoms with Crippen LogP contribution >= 0.6 is 11.8 Å². The third kappa shape index (κ3) is 4.80. The molecule has 0 bridgehead atoms. The molecule has 3 rings (SSSR count). The van der Waals surface area contributed by atoms with Crippen molar-refractivity contribution in [3.05, 3.63) is 60.2 Å². The molecule has 0 aliphatic carbocycles. The fourth-order valence-electron chi connectivity index (χ4n) is 2.73. The fraction of sp³-hybridized carbons (Fsp3) is 0.350. The molecular weight excluding hydrogens is 358 g/mol. The molecule has 6 nitrogen and oxygen atoms in total. The maximum absolute atomic E-state index is 12.3. The highest BCUT2D eigenvalue weighted by Crippen LogP contribution is 2.20. The number of aromatic nitrogens is 4. The average molecular weight is 384 g/mol. The van der Waals surface area contributed by atoms with Crippen molar-refractivity contribution in [1.29, 1.82) is 0 Å². The van der Waals surface area contributed by atoms with E-state index >= 15 is 0 Å². The first kappa shape index (κ1) is 19.2. The molecule has 2 aromatic heterocycles. The fourth-order valence-corrected chi connectivity index (χ4v) is 3.49. The predicted octanol–water partition coefficient (Wildman–Crippen LogP) is 4.20. The molecule has 27 heavy (non-hydrogen) atoms. The molecule has 0 saturated heterocycles. The van der Waals surface area contributed by atoms with Gasteiger partial charge in [0.15, 0.2) is 5.82 Å². The maximum Gasteiger partial charge on any atom is 0.234 e. The van der Waals surface area contributed by atoms with Crippen LogP contribution in [0.5, 0.6) is 0 Å². The number of rotatable bonds is 8. The molecule has 1 N–H and O–H groups in total. The number of hydrogen-bond donors (Lipinski definition) is 1. The summed E-state index contributed by atoms with van der Waals surface area (Å²) in [5, 5.41) is 12.2. The average Bonchev–Trinajstić information content (AvgIpc) is 3.30. The first-order chi connectivity index (χ1) is 13.1. The molecule has 0 unspecified atom stereocenters. The van der Waals surface area contributed by atoms with Gasteiger partial charge in [-0.3, -0.25) is 9.47 Å². The van der Waals surface area contributed by atoms with E-state index in [0.717, 1.165) is 24.4 Å². The molecule has 1 aromatic carbocycles.